The fourth-order valence-corrected chi connectivity index (χ4v) is 7.19. The van der Waals surface area contributed by atoms with Crippen LogP contribution >= 0.6 is 22.9 Å². The van der Waals surface area contributed by atoms with Crippen molar-refractivity contribution >= 4 is 34.8 Å². The van der Waals surface area contributed by atoms with Crippen LogP contribution in [-0.2, 0) is 16.1 Å². The molecule has 3 atom stereocenters. The number of carbonyl (C=O) groups excluding carboxylic acids is 2. The molecule has 218 valence electrons. The quantitative estimate of drug-likeness (QED) is 0.303. The summed E-state index contributed by atoms with van der Waals surface area (Å²) in [7, 11) is 0. The molecular weight excluding hydrogens is 577 g/mol. The second kappa shape index (κ2) is 11.2. The molecule has 6 rings (SSSR count). The van der Waals surface area contributed by atoms with Crippen LogP contribution in [0.2, 0.25) is 5.02 Å². The molecule has 0 spiro atoms. The number of aliphatic hydroxyl groups is 1. The Labute approximate surface area is 252 Å². The summed E-state index contributed by atoms with van der Waals surface area (Å²) in [5.74, 6) is -1.67. The van der Waals surface area contributed by atoms with Gasteiger partial charge < -0.3 is 14.9 Å². The molecule has 42 heavy (non-hydrogen) atoms. The highest BCUT2D eigenvalue weighted by atomic mass is 35.5. The first kappa shape index (κ1) is 28.5. The van der Waals surface area contributed by atoms with E-state index in [1.807, 2.05) is 44.3 Å². The van der Waals surface area contributed by atoms with Gasteiger partial charge in [0, 0.05) is 23.9 Å². The minimum absolute atomic E-state index is 0.0152. The summed E-state index contributed by atoms with van der Waals surface area (Å²) in [4.78, 5) is 32.2. The van der Waals surface area contributed by atoms with E-state index in [2.05, 4.69) is 28.5 Å². The van der Waals surface area contributed by atoms with Crippen molar-refractivity contribution in [1.29, 1.82) is 0 Å². The van der Waals surface area contributed by atoms with Gasteiger partial charge in [0.1, 0.15) is 17.1 Å². The second-order valence-electron chi connectivity index (χ2n) is 11.4. The third-order valence-electron chi connectivity index (χ3n) is 8.08. The molecule has 0 aliphatic carbocycles. The predicted octanol–water partition coefficient (Wildman–Crippen LogP) is 5.43. The second-order valence-corrected chi connectivity index (χ2v) is 12.9. The van der Waals surface area contributed by atoms with Crippen LogP contribution in [0.15, 0.2) is 66.9 Å². The number of rotatable bonds is 7. The Morgan fingerprint density at radius 3 is 2.67 bits per heavy atom. The van der Waals surface area contributed by atoms with Crippen LogP contribution in [0.5, 0.6) is 0 Å². The number of benzene rings is 2. The van der Waals surface area contributed by atoms with Gasteiger partial charge in [0.05, 0.1) is 41.1 Å². The molecule has 4 aromatic rings. The molecule has 2 aliphatic rings. The topological polar surface area (TPSA) is 91.6 Å². The molecule has 2 amide bonds. The summed E-state index contributed by atoms with van der Waals surface area (Å²) >= 11 is 7.53. The molecule has 0 bridgehead atoms. The van der Waals surface area contributed by atoms with Crippen molar-refractivity contribution in [2.24, 2.45) is 5.92 Å². The lowest BCUT2D eigenvalue weighted by atomic mass is 9.91. The van der Waals surface area contributed by atoms with Crippen LogP contribution in [0.3, 0.4) is 0 Å². The maximum absolute atomic E-state index is 14.4. The van der Waals surface area contributed by atoms with Gasteiger partial charge in [-0.2, -0.15) is 0 Å². The Hall–Kier alpha value is -3.60. The van der Waals surface area contributed by atoms with Gasteiger partial charge in [0.2, 0.25) is 11.8 Å². The molecule has 11 heteroatoms. The number of amides is 2. The van der Waals surface area contributed by atoms with Gasteiger partial charge >= 0.3 is 0 Å². The third kappa shape index (κ3) is 5.46. The van der Waals surface area contributed by atoms with Gasteiger partial charge in [-0.1, -0.05) is 53.2 Å². The minimum atomic E-state index is -1.20. The Bertz CT molecular complexity index is 1630. The monoisotopic (exact) mass is 607 g/mol. The average molecular weight is 608 g/mol. The van der Waals surface area contributed by atoms with E-state index >= 15 is 0 Å². The molecule has 0 saturated carbocycles. The maximum atomic E-state index is 14.4. The smallest absolute Gasteiger partial charge is 0.228 e. The lowest BCUT2D eigenvalue weighted by Crippen LogP contribution is -2.43. The first-order valence-corrected chi connectivity index (χ1v) is 15.1. The number of thiophene rings is 1. The Kier molecular flexibility index (Phi) is 7.63. The number of carbonyl (C=O) groups is 2. The molecule has 3 unspecified atom stereocenters. The zero-order valence-corrected chi connectivity index (χ0v) is 24.9. The van der Waals surface area contributed by atoms with E-state index in [4.69, 9.17) is 11.6 Å². The lowest BCUT2D eigenvalue weighted by Gasteiger charge is -2.33. The van der Waals surface area contributed by atoms with Crippen molar-refractivity contribution < 1.29 is 19.1 Å². The number of aromatic nitrogens is 3. The predicted molar refractivity (Wildman–Crippen MR) is 159 cm³/mol. The van der Waals surface area contributed by atoms with E-state index in [1.54, 1.807) is 31.9 Å². The molecule has 1 N–H and O–H groups in total. The first-order valence-electron chi connectivity index (χ1n) is 13.9. The van der Waals surface area contributed by atoms with Gasteiger partial charge in [0.15, 0.2) is 0 Å². The summed E-state index contributed by atoms with van der Waals surface area (Å²) in [5, 5.41) is 20.0. The molecule has 2 saturated heterocycles. The summed E-state index contributed by atoms with van der Waals surface area (Å²) < 4.78 is 16.0. The Morgan fingerprint density at radius 1 is 1.17 bits per heavy atom. The highest BCUT2D eigenvalue weighted by Gasteiger charge is 2.49. The largest absolute Gasteiger partial charge is 0.386 e. The van der Waals surface area contributed by atoms with Crippen molar-refractivity contribution in [3.63, 3.8) is 0 Å². The molecule has 2 aromatic heterocycles. The number of nitrogens with zero attached hydrogens (tertiary/aromatic N) is 5. The van der Waals surface area contributed by atoms with Crippen molar-refractivity contribution in [1.82, 2.24) is 24.8 Å². The lowest BCUT2D eigenvalue weighted by molar-refractivity contribution is -0.136. The zero-order valence-electron chi connectivity index (χ0n) is 23.3. The van der Waals surface area contributed by atoms with Crippen LogP contribution in [0.25, 0.3) is 21.0 Å². The van der Waals surface area contributed by atoms with E-state index in [-0.39, 0.29) is 42.4 Å². The van der Waals surface area contributed by atoms with Crippen molar-refractivity contribution in [2.75, 3.05) is 13.1 Å². The number of hydrogen-bond acceptors (Lipinski definition) is 6. The summed E-state index contributed by atoms with van der Waals surface area (Å²) in [6.07, 6.45) is 2.20. The molecule has 2 aromatic carbocycles. The van der Waals surface area contributed by atoms with Crippen LogP contribution in [0.4, 0.5) is 4.39 Å². The highest BCUT2D eigenvalue weighted by molar-refractivity contribution is 7.18. The summed E-state index contributed by atoms with van der Waals surface area (Å²) in [6.45, 7) is 4.38. The SMILES string of the molecule is CC(C)N1C(=O)CC(C(=O)N2CCC(O)(Cn3cc(-c4ccc(-c5ccccc5)s4)nn3)C2)C1c1ccc(Cl)c(F)c1. The van der Waals surface area contributed by atoms with Crippen LogP contribution < -0.4 is 0 Å². The average Bonchev–Trinajstić information content (AvgIpc) is 3.76. The molecule has 2 aliphatic heterocycles. The van der Waals surface area contributed by atoms with Gasteiger partial charge in [-0.3, -0.25) is 9.59 Å². The van der Waals surface area contributed by atoms with Crippen molar-refractivity contribution in [2.45, 2.75) is 50.9 Å². The molecule has 0 radical (unpaired) electrons. The van der Waals surface area contributed by atoms with Crippen LogP contribution in [-0.4, -0.2) is 66.4 Å². The van der Waals surface area contributed by atoms with Gasteiger partial charge in [0.25, 0.3) is 0 Å². The van der Waals surface area contributed by atoms with Crippen molar-refractivity contribution in [3.8, 4) is 21.0 Å². The standard InChI is InChI=1S/C31H31ClFN5O3S/c1-19(2)38-28(39)15-22(29(38)21-8-9-23(32)24(33)14-21)30(40)36-13-12-31(41,17-36)18-37-16-25(34-35-37)27-11-10-26(42-27)20-6-4-3-5-7-20/h3-11,14,16,19,22,29,41H,12-13,15,17-18H2,1-2H3. The van der Waals surface area contributed by atoms with Crippen molar-refractivity contribution in [3.05, 3.63) is 83.3 Å². The summed E-state index contributed by atoms with van der Waals surface area (Å²) in [5.41, 5.74) is 1.18. The molecule has 8 nitrogen and oxygen atoms in total. The normalized spacial score (nSPS) is 22.5. The first-order chi connectivity index (χ1) is 20.1. The Balaban J connectivity index is 1.16. The van der Waals surface area contributed by atoms with Crippen LogP contribution in [0, 0.1) is 11.7 Å². The number of β-amino-alcohol motifs (C(OH)–C–C–N with tert-alkyl or cyclic N) is 1. The highest BCUT2D eigenvalue weighted by Crippen LogP contribution is 2.42. The fourth-order valence-electron chi connectivity index (χ4n) is 6.11. The zero-order chi connectivity index (χ0) is 29.6. The molecule has 2 fully saturated rings. The number of likely N-dealkylation sites (tertiary alicyclic amines) is 2. The summed E-state index contributed by atoms with van der Waals surface area (Å²) in [6, 6.07) is 17.8. The fraction of sp³-hybridized carbons (Fsp3) is 0.355. The van der Waals surface area contributed by atoms with Crippen LogP contribution in [0.1, 0.15) is 38.3 Å². The van der Waals surface area contributed by atoms with E-state index in [1.165, 1.54) is 12.1 Å². The van der Waals surface area contributed by atoms with E-state index in [9.17, 15) is 19.1 Å². The maximum Gasteiger partial charge on any atom is 0.228 e. The molecule has 4 heterocycles. The third-order valence-corrected chi connectivity index (χ3v) is 9.54. The number of hydrogen-bond donors (Lipinski definition) is 1. The van der Waals surface area contributed by atoms with Gasteiger partial charge in [-0.05, 0) is 55.7 Å². The van der Waals surface area contributed by atoms with E-state index in [0.717, 1.165) is 15.3 Å². The van der Waals surface area contributed by atoms with E-state index < -0.39 is 23.4 Å². The van der Waals surface area contributed by atoms with Gasteiger partial charge in [-0.25, -0.2) is 9.07 Å². The van der Waals surface area contributed by atoms with Gasteiger partial charge in [-0.15, -0.1) is 16.4 Å². The minimum Gasteiger partial charge on any atom is -0.386 e. The molecular formula is C31H31ClFN5O3S. The Morgan fingerprint density at radius 2 is 1.93 bits per heavy atom. The van der Waals surface area contributed by atoms with E-state index in [0.29, 0.717) is 24.2 Å². The number of halogens is 2.